The zero-order chi connectivity index (χ0) is 18.6. The van der Waals surface area contributed by atoms with Gasteiger partial charge in [0.2, 0.25) is 18.4 Å². The predicted molar refractivity (Wildman–Crippen MR) is 93.2 cm³/mol. The van der Waals surface area contributed by atoms with E-state index < -0.39 is 0 Å². The second kappa shape index (κ2) is 7.50. The maximum absolute atomic E-state index is 12.7. The van der Waals surface area contributed by atoms with Crippen LogP contribution in [-0.2, 0) is 11.2 Å². The van der Waals surface area contributed by atoms with Crippen LogP contribution in [0.3, 0.4) is 0 Å². The Morgan fingerprint density at radius 2 is 2.15 bits per heavy atom. The topological polar surface area (TPSA) is 97.6 Å². The van der Waals surface area contributed by atoms with Crippen LogP contribution in [0.5, 0.6) is 17.4 Å². The van der Waals surface area contributed by atoms with E-state index in [4.69, 9.17) is 19.5 Å². The van der Waals surface area contributed by atoms with Gasteiger partial charge in [-0.15, -0.1) is 0 Å². The Bertz CT molecular complexity index is 896. The Morgan fingerprint density at radius 1 is 1.30 bits per heavy atom. The van der Waals surface area contributed by atoms with Crippen molar-refractivity contribution in [1.29, 1.82) is 5.26 Å². The van der Waals surface area contributed by atoms with Crippen molar-refractivity contribution in [3.8, 4) is 23.4 Å². The maximum Gasteiger partial charge on any atom is 0.251 e. The molecular formula is C19H18N4O4. The molecule has 138 valence electrons. The van der Waals surface area contributed by atoms with Crippen LogP contribution >= 0.6 is 0 Å². The Hall–Kier alpha value is -3.34. The first kappa shape index (κ1) is 17.1. The van der Waals surface area contributed by atoms with Crippen molar-refractivity contribution >= 4 is 5.91 Å². The summed E-state index contributed by atoms with van der Waals surface area (Å²) in [5.74, 6) is 1.62. The fourth-order valence-electron chi connectivity index (χ4n) is 3.24. The quantitative estimate of drug-likeness (QED) is 0.812. The number of ether oxygens (including phenoxy) is 3. The van der Waals surface area contributed by atoms with E-state index in [0.29, 0.717) is 24.6 Å². The van der Waals surface area contributed by atoms with Gasteiger partial charge < -0.3 is 19.1 Å². The molecule has 1 amide bonds. The molecule has 2 aliphatic heterocycles. The first-order valence-electron chi connectivity index (χ1n) is 8.77. The summed E-state index contributed by atoms with van der Waals surface area (Å²) < 4.78 is 16.5. The van der Waals surface area contributed by atoms with Gasteiger partial charge in [-0.25, -0.2) is 9.97 Å². The van der Waals surface area contributed by atoms with Crippen LogP contribution < -0.4 is 14.2 Å². The van der Waals surface area contributed by atoms with Gasteiger partial charge in [-0.2, -0.15) is 5.26 Å². The van der Waals surface area contributed by atoms with Gasteiger partial charge in [-0.05, 0) is 30.5 Å². The summed E-state index contributed by atoms with van der Waals surface area (Å²) in [4.78, 5) is 22.5. The second-order valence-corrected chi connectivity index (χ2v) is 6.41. The number of carbonyl (C=O) groups is 1. The van der Waals surface area contributed by atoms with Gasteiger partial charge in [0.15, 0.2) is 11.5 Å². The molecule has 3 heterocycles. The van der Waals surface area contributed by atoms with Gasteiger partial charge in [0.25, 0.3) is 5.88 Å². The maximum atomic E-state index is 12.7. The van der Waals surface area contributed by atoms with Crippen LogP contribution in [-0.4, -0.2) is 46.8 Å². The number of benzene rings is 1. The van der Waals surface area contributed by atoms with E-state index in [1.807, 2.05) is 24.3 Å². The lowest BCUT2D eigenvalue weighted by Crippen LogP contribution is -2.45. The molecule has 0 saturated carbocycles. The minimum absolute atomic E-state index is 0.0295. The Labute approximate surface area is 156 Å². The third kappa shape index (κ3) is 3.77. The van der Waals surface area contributed by atoms with Crippen LogP contribution in [0.2, 0.25) is 0 Å². The molecule has 0 aliphatic carbocycles. The van der Waals surface area contributed by atoms with Crippen LogP contribution in [0.15, 0.2) is 30.6 Å². The van der Waals surface area contributed by atoms with Gasteiger partial charge in [0.05, 0.1) is 13.0 Å². The number of amides is 1. The molecule has 1 aromatic heterocycles. The molecule has 0 N–H and O–H groups in total. The fraction of sp³-hybridized carbons (Fsp3) is 0.368. The summed E-state index contributed by atoms with van der Waals surface area (Å²) in [6.07, 6.45) is 4.66. The fourth-order valence-corrected chi connectivity index (χ4v) is 3.24. The van der Waals surface area contributed by atoms with Crippen LogP contribution in [0.4, 0.5) is 0 Å². The van der Waals surface area contributed by atoms with Crippen LogP contribution in [0.1, 0.15) is 24.1 Å². The highest BCUT2D eigenvalue weighted by molar-refractivity contribution is 5.79. The highest BCUT2D eigenvalue weighted by Gasteiger charge is 2.26. The smallest absolute Gasteiger partial charge is 0.251 e. The molecule has 0 bridgehead atoms. The Kier molecular flexibility index (Phi) is 4.75. The number of hydrogen-bond donors (Lipinski definition) is 0. The summed E-state index contributed by atoms with van der Waals surface area (Å²) >= 11 is 0. The van der Waals surface area contributed by atoms with Crippen molar-refractivity contribution in [3.63, 3.8) is 0 Å². The number of nitrogens with zero attached hydrogens (tertiary/aromatic N) is 4. The predicted octanol–water partition coefficient (Wildman–Crippen LogP) is 1.69. The molecule has 2 aliphatic rings. The molecule has 8 nitrogen and oxygen atoms in total. The lowest BCUT2D eigenvalue weighted by atomic mass is 10.1. The molecule has 4 rings (SSSR count). The third-order valence-electron chi connectivity index (χ3n) is 4.57. The largest absolute Gasteiger partial charge is 0.470 e. The van der Waals surface area contributed by atoms with Gasteiger partial charge in [-0.1, -0.05) is 6.07 Å². The highest BCUT2D eigenvalue weighted by Crippen LogP contribution is 2.32. The summed E-state index contributed by atoms with van der Waals surface area (Å²) in [5.41, 5.74) is 1.04. The van der Waals surface area contributed by atoms with E-state index in [1.165, 1.54) is 12.4 Å². The molecule has 1 aromatic carbocycles. The Balaban J connectivity index is 1.39. The number of aromatic nitrogens is 2. The summed E-state index contributed by atoms with van der Waals surface area (Å²) in [6.45, 7) is 1.37. The second-order valence-electron chi connectivity index (χ2n) is 6.41. The van der Waals surface area contributed by atoms with Crippen molar-refractivity contribution in [3.05, 3.63) is 41.9 Å². The van der Waals surface area contributed by atoms with E-state index in [1.54, 1.807) is 4.90 Å². The van der Waals surface area contributed by atoms with Gasteiger partial charge in [0, 0.05) is 18.9 Å². The van der Waals surface area contributed by atoms with E-state index >= 15 is 0 Å². The van der Waals surface area contributed by atoms with Crippen molar-refractivity contribution < 1.29 is 19.0 Å². The molecular weight excluding hydrogens is 348 g/mol. The molecule has 8 heteroatoms. The number of hydrogen-bond acceptors (Lipinski definition) is 7. The molecule has 1 saturated heterocycles. The summed E-state index contributed by atoms with van der Waals surface area (Å²) in [6, 6.07) is 7.52. The minimum atomic E-state index is -0.205. The molecule has 0 unspecified atom stereocenters. The Morgan fingerprint density at radius 3 is 3.04 bits per heavy atom. The number of likely N-dealkylation sites (tertiary alicyclic amines) is 1. The first-order chi connectivity index (χ1) is 13.2. The monoisotopic (exact) mass is 366 g/mol. The molecule has 0 spiro atoms. The van der Waals surface area contributed by atoms with E-state index in [9.17, 15) is 4.79 Å². The number of carbonyl (C=O) groups excluding carboxylic acids is 1. The lowest BCUT2D eigenvalue weighted by molar-refractivity contribution is -0.133. The van der Waals surface area contributed by atoms with E-state index in [2.05, 4.69) is 9.97 Å². The number of rotatable bonds is 4. The highest BCUT2D eigenvalue weighted by atomic mass is 16.7. The van der Waals surface area contributed by atoms with Crippen LogP contribution in [0.25, 0.3) is 0 Å². The zero-order valence-electron chi connectivity index (χ0n) is 14.6. The molecule has 1 fully saturated rings. The van der Waals surface area contributed by atoms with Crippen LogP contribution in [0, 0.1) is 11.3 Å². The van der Waals surface area contributed by atoms with Crippen molar-refractivity contribution in [1.82, 2.24) is 14.9 Å². The van der Waals surface area contributed by atoms with Gasteiger partial charge >= 0.3 is 0 Å². The first-order valence-corrected chi connectivity index (χ1v) is 8.77. The van der Waals surface area contributed by atoms with E-state index in [0.717, 1.165) is 18.4 Å². The molecule has 27 heavy (non-hydrogen) atoms. The van der Waals surface area contributed by atoms with Crippen molar-refractivity contribution in [2.75, 3.05) is 19.9 Å². The number of fused-ring (bicyclic) bond motifs is 1. The molecule has 2 aromatic rings. The summed E-state index contributed by atoms with van der Waals surface area (Å²) in [5, 5.41) is 9.10. The normalized spacial score (nSPS) is 18.0. The zero-order valence-corrected chi connectivity index (χ0v) is 14.6. The van der Waals surface area contributed by atoms with Crippen molar-refractivity contribution in [2.24, 2.45) is 0 Å². The SMILES string of the molecule is N#Cc1nccnc1O[C@H]1CCCN(C(=O)Cc2ccc3c(c2)OCO3)C1. The molecule has 1 atom stereocenters. The number of piperidine rings is 1. The third-order valence-corrected chi connectivity index (χ3v) is 4.57. The minimum Gasteiger partial charge on any atom is -0.470 e. The van der Waals surface area contributed by atoms with E-state index in [-0.39, 0.29) is 36.8 Å². The van der Waals surface area contributed by atoms with Gasteiger partial charge in [0.1, 0.15) is 12.2 Å². The summed E-state index contributed by atoms with van der Waals surface area (Å²) in [7, 11) is 0. The lowest BCUT2D eigenvalue weighted by Gasteiger charge is -2.32. The standard InChI is InChI=1S/C19H18N4O4/c20-10-15-19(22-6-5-21-15)27-14-2-1-7-23(11-14)18(24)9-13-3-4-16-17(8-13)26-12-25-16/h3-6,8,14H,1-2,7,9,11-12H2/t14-/m0/s1. The number of nitriles is 1. The molecule has 0 radical (unpaired) electrons. The van der Waals surface area contributed by atoms with Crippen molar-refractivity contribution in [2.45, 2.75) is 25.4 Å². The average molecular weight is 366 g/mol. The van der Waals surface area contributed by atoms with Gasteiger partial charge in [-0.3, -0.25) is 4.79 Å². The average Bonchev–Trinajstić information content (AvgIpc) is 3.16.